The van der Waals surface area contributed by atoms with Gasteiger partial charge in [0.15, 0.2) is 0 Å². The number of imidazole rings is 1. The second-order valence-corrected chi connectivity index (χ2v) is 6.51. The molecule has 4 rings (SSSR count). The smallest absolute Gasteiger partial charge is 0.127 e. The highest BCUT2D eigenvalue weighted by Crippen LogP contribution is 2.33. The van der Waals surface area contributed by atoms with E-state index in [1.54, 1.807) is 6.20 Å². The van der Waals surface area contributed by atoms with Crippen molar-refractivity contribution in [1.29, 1.82) is 0 Å². The molecule has 0 saturated heterocycles. The highest BCUT2D eigenvalue weighted by Gasteiger charge is 2.25. The molecule has 0 fully saturated rings. The van der Waals surface area contributed by atoms with Crippen molar-refractivity contribution in [3.8, 4) is 0 Å². The van der Waals surface area contributed by atoms with Gasteiger partial charge in [0.05, 0.1) is 6.04 Å². The summed E-state index contributed by atoms with van der Waals surface area (Å²) in [6.07, 6.45) is 10.9. The largest absolute Gasteiger partial charge is 0.347 e. The van der Waals surface area contributed by atoms with E-state index in [0.717, 1.165) is 17.8 Å². The third-order valence-electron chi connectivity index (χ3n) is 4.79. The van der Waals surface area contributed by atoms with E-state index in [4.69, 9.17) is 0 Å². The number of fused-ring (bicyclic) bond motifs is 1. The van der Waals surface area contributed by atoms with E-state index >= 15 is 0 Å². The van der Waals surface area contributed by atoms with Crippen LogP contribution in [0.5, 0.6) is 0 Å². The molecule has 0 aliphatic heterocycles. The monoisotopic (exact) mass is 318 g/mol. The molecule has 2 atom stereocenters. The van der Waals surface area contributed by atoms with Gasteiger partial charge in [0, 0.05) is 30.8 Å². The number of nitrogens with zero attached hydrogens (tertiary/aromatic N) is 2. The van der Waals surface area contributed by atoms with Gasteiger partial charge in [-0.15, -0.1) is 0 Å². The van der Waals surface area contributed by atoms with E-state index in [1.807, 2.05) is 24.7 Å². The van der Waals surface area contributed by atoms with Crippen molar-refractivity contribution in [3.63, 3.8) is 0 Å². The lowest BCUT2D eigenvalue weighted by Crippen LogP contribution is -2.30. The number of benzene rings is 1. The Bertz CT molecular complexity index is 796. The van der Waals surface area contributed by atoms with Crippen molar-refractivity contribution in [3.05, 3.63) is 83.2 Å². The summed E-state index contributed by atoms with van der Waals surface area (Å²) in [7, 11) is 0. The Balaban J connectivity index is 1.68. The standard InChI is InChI=1S/C20H22N4/c1-14-7-8-15-4-2-6-18(17(15)12-14)24-19(20-22-10-11-23-20)16-5-3-9-21-13-16/h3,5,7-13,18-19,24H,2,4,6H2,1H3,(H,22,23). The number of rotatable bonds is 4. The van der Waals surface area contributed by atoms with Crippen LogP contribution in [-0.4, -0.2) is 15.0 Å². The molecule has 3 aromatic rings. The lowest BCUT2D eigenvalue weighted by Gasteiger charge is -2.30. The molecule has 0 radical (unpaired) electrons. The first-order valence-corrected chi connectivity index (χ1v) is 8.56. The number of hydrogen-bond acceptors (Lipinski definition) is 3. The average Bonchev–Trinajstić information content (AvgIpc) is 3.15. The summed E-state index contributed by atoms with van der Waals surface area (Å²) in [5.74, 6) is 0.933. The Morgan fingerprint density at radius 3 is 3.00 bits per heavy atom. The van der Waals surface area contributed by atoms with Crippen LogP contribution in [0.1, 0.15) is 53.0 Å². The summed E-state index contributed by atoms with van der Waals surface area (Å²) in [5.41, 5.74) is 5.35. The molecule has 0 spiro atoms. The maximum atomic E-state index is 4.49. The molecular weight excluding hydrogens is 296 g/mol. The first-order valence-electron chi connectivity index (χ1n) is 8.56. The fraction of sp³-hybridized carbons (Fsp3) is 0.300. The van der Waals surface area contributed by atoms with Gasteiger partial charge in [0.2, 0.25) is 0 Å². The van der Waals surface area contributed by atoms with Crippen molar-refractivity contribution in [1.82, 2.24) is 20.3 Å². The van der Waals surface area contributed by atoms with Gasteiger partial charge in [-0.25, -0.2) is 4.98 Å². The molecule has 0 saturated carbocycles. The number of hydrogen-bond donors (Lipinski definition) is 2. The lowest BCUT2D eigenvalue weighted by molar-refractivity contribution is 0.420. The van der Waals surface area contributed by atoms with Crippen LogP contribution in [0, 0.1) is 6.92 Å². The van der Waals surface area contributed by atoms with Crippen molar-refractivity contribution >= 4 is 0 Å². The molecule has 2 heterocycles. The maximum absolute atomic E-state index is 4.49. The zero-order chi connectivity index (χ0) is 16.4. The lowest BCUT2D eigenvalue weighted by atomic mass is 9.86. The zero-order valence-corrected chi connectivity index (χ0v) is 13.9. The quantitative estimate of drug-likeness (QED) is 0.768. The molecule has 2 unspecified atom stereocenters. The van der Waals surface area contributed by atoms with Crippen LogP contribution in [0.15, 0.2) is 55.1 Å². The zero-order valence-electron chi connectivity index (χ0n) is 13.9. The van der Waals surface area contributed by atoms with Crippen molar-refractivity contribution in [2.75, 3.05) is 0 Å². The first kappa shape index (κ1) is 15.1. The number of nitrogens with one attached hydrogen (secondary N) is 2. The molecule has 0 amide bonds. The molecule has 2 N–H and O–H groups in total. The van der Waals surface area contributed by atoms with Gasteiger partial charge in [0.25, 0.3) is 0 Å². The summed E-state index contributed by atoms with van der Waals surface area (Å²) in [4.78, 5) is 12.0. The number of pyridine rings is 1. The van der Waals surface area contributed by atoms with Crippen LogP contribution in [0.3, 0.4) is 0 Å². The van der Waals surface area contributed by atoms with Gasteiger partial charge >= 0.3 is 0 Å². The Morgan fingerprint density at radius 2 is 2.21 bits per heavy atom. The molecule has 1 aromatic carbocycles. The Hall–Kier alpha value is -2.46. The minimum absolute atomic E-state index is 0.0187. The van der Waals surface area contributed by atoms with Crippen LogP contribution in [-0.2, 0) is 6.42 Å². The Labute approximate surface area is 142 Å². The average molecular weight is 318 g/mol. The Morgan fingerprint density at radius 1 is 1.25 bits per heavy atom. The predicted octanol–water partition coefficient (Wildman–Crippen LogP) is 3.87. The second kappa shape index (κ2) is 6.57. The van der Waals surface area contributed by atoms with E-state index in [-0.39, 0.29) is 6.04 Å². The van der Waals surface area contributed by atoms with Crippen LogP contribution in [0.25, 0.3) is 0 Å². The van der Waals surface area contributed by atoms with Gasteiger partial charge in [-0.05, 0) is 48.9 Å². The normalized spacial score (nSPS) is 18.1. The molecule has 4 heteroatoms. The maximum Gasteiger partial charge on any atom is 0.127 e. The molecule has 122 valence electrons. The van der Waals surface area contributed by atoms with Gasteiger partial charge in [-0.2, -0.15) is 0 Å². The SMILES string of the molecule is Cc1ccc2c(c1)C(NC(c1cccnc1)c1ncc[nH]1)CCC2. The van der Waals surface area contributed by atoms with E-state index in [2.05, 4.69) is 51.5 Å². The van der Waals surface area contributed by atoms with Crippen LogP contribution in [0.2, 0.25) is 0 Å². The van der Waals surface area contributed by atoms with E-state index in [9.17, 15) is 0 Å². The molecule has 1 aliphatic carbocycles. The van der Waals surface area contributed by atoms with Crippen molar-refractivity contribution < 1.29 is 0 Å². The van der Waals surface area contributed by atoms with Crippen LogP contribution >= 0.6 is 0 Å². The summed E-state index contributed by atoms with van der Waals surface area (Å²) in [6, 6.07) is 11.3. The fourth-order valence-corrected chi connectivity index (χ4v) is 3.61. The van der Waals surface area contributed by atoms with Gasteiger partial charge in [-0.1, -0.05) is 29.8 Å². The molecule has 0 bridgehead atoms. The van der Waals surface area contributed by atoms with Gasteiger partial charge < -0.3 is 4.98 Å². The van der Waals surface area contributed by atoms with Gasteiger partial charge in [-0.3, -0.25) is 10.3 Å². The third kappa shape index (κ3) is 2.97. The highest BCUT2D eigenvalue weighted by molar-refractivity contribution is 5.36. The second-order valence-electron chi connectivity index (χ2n) is 6.51. The fourth-order valence-electron chi connectivity index (χ4n) is 3.61. The highest BCUT2D eigenvalue weighted by atomic mass is 15.0. The summed E-state index contributed by atoms with van der Waals surface area (Å²) in [5, 5.41) is 3.82. The summed E-state index contributed by atoms with van der Waals surface area (Å²) >= 11 is 0. The third-order valence-corrected chi connectivity index (χ3v) is 4.79. The molecular formula is C20H22N4. The van der Waals surface area contributed by atoms with E-state index < -0.39 is 0 Å². The summed E-state index contributed by atoms with van der Waals surface area (Å²) in [6.45, 7) is 2.16. The van der Waals surface area contributed by atoms with Crippen LogP contribution < -0.4 is 5.32 Å². The molecule has 2 aromatic heterocycles. The first-order chi connectivity index (χ1) is 11.8. The predicted molar refractivity (Wildman–Crippen MR) is 94.7 cm³/mol. The Kier molecular flexibility index (Phi) is 4.13. The minimum atomic E-state index is 0.0187. The van der Waals surface area contributed by atoms with E-state index in [0.29, 0.717) is 6.04 Å². The number of aromatic amines is 1. The van der Waals surface area contributed by atoms with Crippen molar-refractivity contribution in [2.45, 2.75) is 38.3 Å². The number of aromatic nitrogens is 3. The number of aryl methyl sites for hydroxylation is 2. The van der Waals surface area contributed by atoms with Crippen LogP contribution in [0.4, 0.5) is 0 Å². The molecule has 24 heavy (non-hydrogen) atoms. The van der Waals surface area contributed by atoms with Gasteiger partial charge in [0.1, 0.15) is 5.82 Å². The topological polar surface area (TPSA) is 53.6 Å². The van der Waals surface area contributed by atoms with Crippen molar-refractivity contribution in [2.24, 2.45) is 0 Å². The molecule has 1 aliphatic rings. The minimum Gasteiger partial charge on any atom is -0.347 e. The summed E-state index contributed by atoms with van der Waals surface area (Å²) < 4.78 is 0. The van der Waals surface area contributed by atoms with E-state index in [1.165, 1.54) is 29.5 Å². The molecule has 4 nitrogen and oxygen atoms in total. The number of H-pyrrole nitrogens is 1.